The van der Waals surface area contributed by atoms with Crippen LogP contribution in [0.2, 0.25) is 5.15 Å². The zero-order valence-corrected chi connectivity index (χ0v) is 22.9. The van der Waals surface area contributed by atoms with Gasteiger partial charge in [0, 0.05) is 11.1 Å². The summed E-state index contributed by atoms with van der Waals surface area (Å²) in [5.41, 5.74) is 3.08. The monoisotopic (exact) mass is 557 g/mol. The minimum atomic E-state index is -0.447. The quantitative estimate of drug-likeness (QED) is 0.226. The van der Waals surface area contributed by atoms with E-state index < -0.39 is 11.1 Å². The highest BCUT2D eigenvalue weighted by atomic mass is 35.5. The topological polar surface area (TPSA) is 111 Å². The fourth-order valence-electron chi connectivity index (χ4n) is 4.07. The molecule has 2 N–H and O–H groups in total. The van der Waals surface area contributed by atoms with E-state index >= 15 is 4.39 Å². The van der Waals surface area contributed by atoms with Gasteiger partial charge in [-0.05, 0) is 41.7 Å². The first-order valence-electron chi connectivity index (χ1n) is 12.2. The maximum atomic E-state index is 15.5. The molecule has 0 saturated carbocycles. The van der Waals surface area contributed by atoms with Crippen LogP contribution >= 0.6 is 24.2 Å². The molecule has 0 aliphatic carbocycles. The number of hydrogen-bond acceptors (Lipinski definition) is 7. The molecule has 0 saturated heterocycles. The molecule has 12 heteroatoms. The van der Waals surface area contributed by atoms with Crippen LogP contribution in [0.25, 0.3) is 22.5 Å². The van der Waals surface area contributed by atoms with Gasteiger partial charge in [0.1, 0.15) is 5.82 Å². The van der Waals surface area contributed by atoms with Crippen molar-refractivity contribution in [2.24, 2.45) is 5.92 Å². The number of imidazole rings is 1. The lowest BCUT2D eigenvalue weighted by Crippen LogP contribution is -2.32. The Morgan fingerprint density at radius 1 is 1.24 bits per heavy atom. The Morgan fingerprint density at radius 3 is 2.66 bits per heavy atom. The van der Waals surface area contributed by atoms with Crippen molar-refractivity contribution in [2.75, 3.05) is 6.61 Å². The Balaban J connectivity index is 1.60. The van der Waals surface area contributed by atoms with Crippen LogP contribution < -0.4 is 10.1 Å². The fraction of sp³-hybridized carbons (Fsp3) is 0.346. The average molecular weight is 558 g/mol. The van der Waals surface area contributed by atoms with Gasteiger partial charge in [0.15, 0.2) is 5.15 Å². The van der Waals surface area contributed by atoms with Crippen molar-refractivity contribution in [2.45, 2.75) is 45.5 Å². The number of ether oxygens (including phenoxy) is 1. The molecule has 0 aliphatic heterocycles. The van der Waals surface area contributed by atoms with Crippen molar-refractivity contribution in [1.82, 2.24) is 35.5 Å². The molecule has 200 valence electrons. The van der Waals surface area contributed by atoms with E-state index in [0.29, 0.717) is 41.6 Å². The minimum absolute atomic E-state index is 0.102. The molecule has 0 aliphatic rings. The summed E-state index contributed by atoms with van der Waals surface area (Å²) in [6, 6.07) is 12.7. The van der Waals surface area contributed by atoms with E-state index in [0.717, 1.165) is 11.1 Å². The molecule has 4 aromatic rings. The standard InChI is InChI=1S/C26H29ClFN7O2S/c1-4-37-26-30-23(27)21(13-29-25(36)22(38)11-15(2)3)35(26)14-17-10-9-16(12-20(17)28)18-7-5-6-8-19(18)24-31-33-34-32-24/h5-10,12,15,22,38H,4,11,13-14H2,1-3H3,(H,29,36)(H,31,32,33,34)/t22-/m0/s1. The molecule has 0 radical (unpaired) electrons. The summed E-state index contributed by atoms with van der Waals surface area (Å²) < 4.78 is 22.8. The molecule has 38 heavy (non-hydrogen) atoms. The van der Waals surface area contributed by atoms with Crippen LogP contribution in [0.4, 0.5) is 4.39 Å². The van der Waals surface area contributed by atoms with Gasteiger partial charge in [-0.1, -0.05) is 61.8 Å². The van der Waals surface area contributed by atoms with Crippen molar-refractivity contribution in [1.29, 1.82) is 0 Å². The third-order valence-electron chi connectivity index (χ3n) is 5.90. The van der Waals surface area contributed by atoms with Crippen molar-refractivity contribution < 1.29 is 13.9 Å². The second kappa shape index (κ2) is 12.4. The van der Waals surface area contributed by atoms with Gasteiger partial charge in [-0.25, -0.2) is 4.39 Å². The van der Waals surface area contributed by atoms with Crippen molar-refractivity contribution in [3.63, 3.8) is 0 Å². The van der Waals surface area contributed by atoms with Crippen molar-refractivity contribution in [3.05, 3.63) is 64.7 Å². The number of thiol groups is 1. The number of aromatic nitrogens is 6. The molecule has 2 heterocycles. The van der Waals surface area contributed by atoms with Gasteiger partial charge >= 0.3 is 0 Å². The van der Waals surface area contributed by atoms with E-state index in [1.165, 1.54) is 6.07 Å². The third kappa shape index (κ3) is 6.33. The molecule has 1 atom stereocenters. The number of benzene rings is 2. The summed E-state index contributed by atoms with van der Waals surface area (Å²) in [6.45, 7) is 6.43. The van der Waals surface area contributed by atoms with Crippen LogP contribution in [0.1, 0.15) is 38.4 Å². The molecule has 0 unspecified atom stereocenters. The van der Waals surface area contributed by atoms with E-state index in [9.17, 15) is 4.79 Å². The second-order valence-corrected chi connectivity index (χ2v) is 10.1. The number of halogens is 2. The summed E-state index contributed by atoms with van der Waals surface area (Å²) in [7, 11) is 0. The first-order valence-corrected chi connectivity index (χ1v) is 13.1. The largest absolute Gasteiger partial charge is 0.465 e. The number of aromatic amines is 1. The molecular weight excluding hydrogens is 529 g/mol. The SMILES string of the molecule is CCOc1nc(Cl)c(CNC(=O)[C@@H](S)CC(C)C)n1Cc1ccc(-c2ccccc2-c2nn[nH]n2)cc1F. The summed E-state index contributed by atoms with van der Waals surface area (Å²) in [5, 5.41) is 16.8. The Morgan fingerprint density at radius 2 is 2.00 bits per heavy atom. The lowest BCUT2D eigenvalue weighted by atomic mass is 9.98. The summed E-state index contributed by atoms with van der Waals surface area (Å²) in [4.78, 5) is 16.8. The van der Waals surface area contributed by atoms with Crippen LogP contribution in [-0.4, -0.2) is 47.9 Å². The highest BCUT2D eigenvalue weighted by molar-refractivity contribution is 7.81. The number of carbonyl (C=O) groups is 1. The van der Waals surface area contributed by atoms with Gasteiger partial charge in [0.2, 0.25) is 11.7 Å². The average Bonchev–Trinajstić information content (AvgIpc) is 3.52. The lowest BCUT2D eigenvalue weighted by Gasteiger charge is -2.16. The molecule has 0 fully saturated rings. The molecular formula is C26H29ClFN7O2S. The van der Waals surface area contributed by atoms with E-state index in [2.05, 4.69) is 43.6 Å². The fourth-order valence-corrected chi connectivity index (χ4v) is 4.82. The summed E-state index contributed by atoms with van der Waals surface area (Å²) in [6.07, 6.45) is 0.638. The van der Waals surface area contributed by atoms with Gasteiger partial charge in [-0.2, -0.15) is 22.8 Å². The van der Waals surface area contributed by atoms with Crippen LogP contribution in [0.15, 0.2) is 42.5 Å². The molecule has 0 spiro atoms. The predicted octanol–water partition coefficient (Wildman–Crippen LogP) is 4.93. The Bertz CT molecular complexity index is 1390. The Labute approximate surface area is 230 Å². The molecule has 2 aromatic carbocycles. The Hall–Kier alpha value is -3.44. The van der Waals surface area contributed by atoms with Gasteiger partial charge in [0.05, 0.1) is 30.6 Å². The second-order valence-electron chi connectivity index (χ2n) is 9.10. The number of amides is 1. The molecule has 9 nitrogen and oxygen atoms in total. The van der Waals surface area contributed by atoms with Crippen molar-refractivity contribution >= 4 is 30.1 Å². The van der Waals surface area contributed by atoms with Gasteiger partial charge < -0.3 is 10.1 Å². The normalized spacial score (nSPS) is 12.1. The zero-order chi connectivity index (χ0) is 27.2. The molecule has 2 aromatic heterocycles. The molecule has 0 bridgehead atoms. The van der Waals surface area contributed by atoms with Crippen molar-refractivity contribution in [3.8, 4) is 28.5 Å². The van der Waals surface area contributed by atoms with E-state index in [1.54, 1.807) is 10.6 Å². The first kappa shape index (κ1) is 27.6. The number of nitrogens with one attached hydrogen (secondary N) is 2. The molecule has 1 amide bonds. The van der Waals surface area contributed by atoms with Gasteiger partial charge in [-0.3, -0.25) is 9.36 Å². The number of hydrogen-bond donors (Lipinski definition) is 3. The van der Waals surface area contributed by atoms with Gasteiger partial charge in [-0.15, -0.1) is 10.2 Å². The van der Waals surface area contributed by atoms with E-state index in [-0.39, 0.29) is 30.2 Å². The number of H-pyrrole nitrogens is 1. The number of carbonyl (C=O) groups excluding carboxylic acids is 1. The minimum Gasteiger partial charge on any atom is -0.465 e. The molecule has 4 rings (SSSR count). The first-order chi connectivity index (χ1) is 18.3. The van der Waals surface area contributed by atoms with Crippen LogP contribution in [-0.2, 0) is 17.9 Å². The Kier molecular flexibility index (Phi) is 9.01. The smallest absolute Gasteiger partial charge is 0.298 e. The number of rotatable bonds is 11. The van der Waals surface area contributed by atoms with E-state index in [4.69, 9.17) is 16.3 Å². The third-order valence-corrected chi connectivity index (χ3v) is 6.64. The highest BCUT2D eigenvalue weighted by Crippen LogP contribution is 2.32. The van der Waals surface area contributed by atoms with Crippen LogP contribution in [0.3, 0.4) is 0 Å². The maximum Gasteiger partial charge on any atom is 0.298 e. The predicted molar refractivity (Wildman–Crippen MR) is 147 cm³/mol. The summed E-state index contributed by atoms with van der Waals surface area (Å²) in [5.74, 6) is 0.120. The number of nitrogens with zero attached hydrogens (tertiary/aromatic N) is 5. The van der Waals surface area contributed by atoms with Crippen LogP contribution in [0.5, 0.6) is 6.01 Å². The van der Waals surface area contributed by atoms with Crippen LogP contribution in [0, 0.1) is 11.7 Å². The van der Waals surface area contributed by atoms with E-state index in [1.807, 2.05) is 51.1 Å². The maximum absolute atomic E-state index is 15.5. The zero-order valence-electron chi connectivity index (χ0n) is 21.3. The summed E-state index contributed by atoms with van der Waals surface area (Å²) >= 11 is 10.8. The van der Waals surface area contributed by atoms with Gasteiger partial charge in [0.25, 0.3) is 6.01 Å². The number of tetrazole rings is 1. The lowest BCUT2D eigenvalue weighted by molar-refractivity contribution is -0.121. The highest BCUT2D eigenvalue weighted by Gasteiger charge is 2.22.